The van der Waals surface area contributed by atoms with Crippen LogP contribution in [0.1, 0.15) is 18.1 Å². The highest BCUT2D eigenvalue weighted by molar-refractivity contribution is 9.10. The molecular formula is C23H23BrClNO3. The van der Waals surface area contributed by atoms with E-state index in [1.807, 2.05) is 67.6 Å². The van der Waals surface area contributed by atoms with Gasteiger partial charge < -0.3 is 19.5 Å². The smallest absolute Gasteiger partial charge is 0.175 e. The minimum Gasteiger partial charge on any atom is -0.495 e. The quantitative estimate of drug-likeness (QED) is 0.373. The number of hydrogen-bond acceptors (Lipinski definition) is 4. The van der Waals surface area contributed by atoms with Crippen molar-refractivity contribution in [2.45, 2.75) is 20.1 Å². The number of methoxy groups -OCH3 is 1. The van der Waals surface area contributed by atoms with E-state index in [-0.39, 0.29) is 0 Å². The van der Waals surface area contributed by atoms with Crippen LogP contribution in [-0.4, -0.2) is 13.7 Å². The van der Waals surface area contributed by atoms with Gasteiger partial charge in [0, 0.05) is 12.2 Å². The molecule has 0 amide bonds. The molecule has 0 fully saturated rings. The second-order valence-corrected chi connectivity index (χ2v) is 7.58. The molecular weight excluding hydrogens is 454 g/mol. The van der Waals surface area contributed by atoms with Gasteiger partial charge in [0.1, 0.15) is 12.4 Å². The molecule has 0 bridgehead atoms. The first-order valence-electron chi connectivity index (χ1n) is 9.30. The lowest BCUT2D eigenvalue weighted by atomic mass is 10.2. The fraction of sp³-hybridized carbons (Fsp3) is 0.217. The van der Waals surface area contributed by atoms with E-state index in [4.69, 9.17) is 25.8 Å². The fourth-order valence-electron chi connectivity index (χ4n) is 2.84. The standard InChI is InChI=1S/C23H23BrClNO3/c1-3-28-22-12-17(14-26-18-9-10-21(27-2)20(25)13-18)11-19(24)23(22)29-15-16-7-5-4-6-8-16/h4-13,26H,3,14-15H2,1-2H3. The Morgan fingerprint density at radius 2 is 1.72 bits per heavy atom. The minimum absolute atomic E-state index is 0.474. The van der Waals surface area contributed by atoms with E-state index in [0.717, 1.165) is 21.3 Å². The Morgan fingerprint density at radius 1 is 0.931 bits per heavy atom. The van der Waals surface area contributed by atoms with Gasteiger partial charge in [-0.3, -0.25) is 0 Å². The molecule has 0 radical (unpaired) electrons. The van der Waals surface area contributed by atoms with Crippen LogP contribution in [0, 0.1) is 0 Å². The van der Waals surface area contributed by atoms with Crippen LogP contribution in [-0.2, 0) is 13.2 Å². The van der Waals surface area contributed by atoms with Crippen LogP contribution >= 0.6 is 27.5 Å². The minimum atomic E-state index is 0.474. The number of nitrogens with one attached hydrogen (secondary N) is 1. The van der Waals surface area contributed by atoms with Gasteiger partial charge in [0.05, 0.1) is 23.2 Å². The third-order valence-electron chi connectivity index (χ3n) is 4.24. The van der Waals surface area contributed by atoms with Crippen molar-refractivity contribution in [3.8, 4) is 17.2 Å². The molecule has 152 valence electrons. The molecule has 0 aromatic heterocycles. The Hall–Kier alpha value is -2.37. The predicted molar refractivity (Wildman–Crippen MR) is 121 cm³/mol. The second-order valence-electron chi connectivity index (χ2n) is 6.32. The highest BCUT2D eigenvalue weighted by atomic mass is 79.9. The molecule has 3 rings (SSSR count). The zero-order valence-corrected chi connectivity index (χ0v) is 18.7. The van der Waals surface area contributed by atoms with Crippen LogP contribution in [0.15, 0.2) is 65.1 Å². The molecule has 0 atom stereocenters. The highest BCUT2D eigenvalue weighted by Crippen LogP contribution is 2.38. The number of anilines is 1. The molecule has 0 aliphatic carbocycles. The largest absolute Gasteiger partial charge is 0.495 e. The van der Waals surface area contributed by atoms with Gasteiger partial charge in [-0.2, -0.15) is 0 Å². The van der Waals surface area contributed by atoms with E-state index in [2.05, 4.69) is 21.2 Å². The van der Waals surface area contributed by atoms with Gasteiger partial charge >= 0.3 is 0 Å². The second kappa shape index (κ2) is 10.4. The zero-order chi connectivity index (χ0) is 20.6. The maximum Gasteiger partial charge on any atom is 0.175 e. The summed E-state index contributed by atoms with van der Waals surface area (Å²) in [6, 6.07) is 19.7. The van der Waals surface area contributed by atoms with Crippen LogP contribution in [0.3, 0.4) is 0 Å². The van der Waals surface area contributed by atoms with E-state index >= 15 is 0 Å². The first-order valence-corrected chi connectivity index (χ1v) is 10.5. The summed E-state index contributed by atoms with van der Waals surface area (Å²) in [5.74, 6) is 2.06. The van der Waals surface area contributed by atoms with Crippen LogP contribution in [0.5, 0.6) is 17.2 Å². The normalized spacial score (nSPS) is 10.5. The van der Waals surface area contributed by atoms with Crippen molar-refractivity contribution in [2.24, 2.45) is 0 Å². The Morgan fingerprint density at radius 3 is 2.41 bits per heavy atom. The first-order chi connectivity index (χ1) is 14.1. The molecule has 0 unspecified atom stereocenters. The Bertz CT molecular complexity index is 950. The molecule has 0 spiro atoms. The van der Waals surface area contributed by atoms with E-state index in [1.165, 1.54) is 0 Å². The molecule has 0 heterocycles. The summed E-state index contributed by atoms with van der Waals surface area (Å²) in [5.41, 5.74) is 3.07. The summed E-state index contributed by atoms with van der Waals surface area (Å²) in [7, 11) is 1.60. The molecule has 3 aromatic rings. The van der Waals surface area contributed by atoms with Gasteiger partial charge in [0.2, 0.25) is 0 Å². The molecule has 0 aliphatic heterocycles. The average molecular weight is 477 g/mol. The number of ether oxygens (including phenoxy) is 3. The molecule has 3 aromatic carbocycles. The summed E-state index contributed by atoms with van der Waals surface area (Å²) in [5, 5.41) is 3.94. The Kier molecular flexibility index (Phi) is 7.67. The third-order valence-corrected chi connectivity index (χ3v) is 5.13. The molecule has 0 saturated carbocycles. The van der Waals surface area contributed by atoms with Gasteiger partial charge in [-0.1, -0.05) is 41.9 Å². The van der Waals surface area contributed by atoms with Crippen molar-refractivity contribution in [2.75, 3.05) is 19.0 Å². The predicted octanol–water partition coefficient (Wildman–Crippen LogP) is 6.70. The molecule has 1 N–H and O–H groups in total. The van der Waals surface area contributed by atoms with E-state index in [0.29, 0.717) is 42.0 Å². The van der Waals surface area contributed by atoms with Crippen LogP contribution in [0.2, 0.25) is 5.02 Å². The van der Waals surface area contributed by atoms with E-state index < -0.39 is 0 Å². The van der Waals surface area contributed by atoms with Crippen molar-refractivity contribution in [1.82, 2.24) is 0 Å². The lowest BCUT2D eigenvalue weighted by molar-refractivity contribution is 0.267. The third kappa shape index (κ3) is 5.81. The van der Waals surface area contributed by atoms with Gasteiger partial charge in [0.15, 0.2) is 11.5 Å². The molecule has 6 heteroatoms. The molecule has 0 aliphatic rings. The van der Waals surface area contributed by atoms with Gasteiger partial charge in [-0.05, 0) is 64.3 Å². The molecule has 0 saturated heterocycles. The fourth-order valence-corrected chi connectivity index (χ4v) is 3.70. The molecule has 29 heavy (non-hydrogen) atoms. The maximum absolute atomic E-state index is 6.20. The highest BCUT2D eigenvalue weighted by Gasteiger charge is 2.13. The lowest BCUT2D eigenvalue weighted by Gasteiger charge is -2.16. The van der Waals surface area contributed by atoms with Crippen molar-refractivity contribution in [3.63, 3.8) is 0 Å². The average Bonchev–Trinajstić information content (AvgIpc) is 2.73. The van der Waals surface area contributed by atoms with Crippen molar-refractivity contribution in [1.29, 1.82) is 0 Å². The molecule has 4 nitrogen and oxygen atoms in total. The Labute approximate surface area is 184 Å². The van der Waals surface area contributed by atoms with E-state index in [9.17, 15) is 0 Å². The number of hydrogen-bond donors (Lipinski definition) is 1. The van der Waals surface area contributed by atoms with Gasteiger partial charge in [-0.25, -0.2) is 0 Å². The Balaban J connectivity index is 1.73. The van der Waals surface area contributed by atoms with Crippen LogP contribution in [0.4, 0.5) is 5.69 Å². The monoisotopic (exact) mass is 475 g/mol. The zero-order valence-electron chi connectivity index (χ0n) is 16.4. The maximum atomic E-state index is 6.20. The summed E-state index contributed by atoms with van der Waals surface area (Å²) >= 11 is 9.83. The number of halogens is 2. The number of benzene rings is 3. The van der Waals surface area contributed by atoms with E-state index in [1.54, 1.807) is 7.11 Å². The summed E-state index contributed by atoms with van der Waals surface area (Å²) in [6.07, 6.45) is 0. The summed E-state index contributed by atoms with van der Waals surface area (Å²) in [6.45, 7) is 3.60. The number of rotatable bonds is 9. The van der Waals surface area contributed by atoms with Crippen molar-refractivity contribution >= 4 is 33.2 Å². The summed E-state index contributed by atoms with van der Waals surface area (Å²) < 4.78 is 17.9. The van der Waals surface area contributed by atoms with Crippen LogP contribution < -0.4 is 19.5 Å². The van der Waals surface area contributed by atoms with Crippen molar-refractivity contribution in [3.05, 3.63) is 81.3 Å². The van der Waals surface area contributed by atoms with Gasteiger partial charge in [-0.15, -0.1) is 0 Å². The van der Waals surface area contributed by atoms with Crippen molar-refractivity contribution < 1.29 is 14.2 Å². The SMILES string of the molecule is CCOc1cc(CNc2ccc(OC)c(Cl)c2)cc(Br)c1OCc1ccccc1. The first kappa shape index (κ1) is 21.3. The summed E-state index contributed by atoms with van der Waals surface area (Å²) in [4.78, 5) is 0. The van der Waals surface area contributed by atoms with Crippen LogP contribution in [0.25, 0.3) is 0 Å². The lowest BCUT2D eigenvalue weighted by Crippen LogP contribution is -2.04. The topological polar surface area (TPSA) is 39.7 Å². The van der Waals surface area contributed by atoms with Gasteiger partial charge in [0.25, 0.3) is 0 Å².